The molecule has 0 radical (unpaired) electrons. The Kier molecular flexibility index (Phi) is 7.02. The molecule has 2 heterocycles. The minimum absolute atomic E-state index is 0.136. The fourth-order valence-corrected chi connectivity index (χ4v) is 3.95. The first-order valence-electron chi connectivity index (χ1n) is 10.9. The predicted octanol–water partition coefficient (Wildman–Crippen LogP) is 4.17. The van der Waals surface area contributed by atoms with Gasteiger partial charge in [-0.25, -0.2) is 9.98 Å². The van der Waals surface area contributed by atoms with Gasteiger partial charge in [-0.3, -0.25) is 0 Å². The van der Waals surface area contributed by atoms with Crippen molar-refractivity contribution < 1.29 is 23.7 Å². The average Bonchev–Trinajstić information content (AvgIpc) is 3.43. The van der Waals surface area contributed by atoms with Crippen molar-refractivity contribution in [1.29, 1.82) is 0 Å². The molecule has 1 aromatic carbocycles. The number of benzene rings is 1. The molecule has 7 nitrogen and oxygen atoms in total. The van der Waals surface area contributed by atoms with Crippen LogP contribution in [0.3, 0.4) is 0 Å². The minimum atomic E-state index is -0.627. The zero-order valence-electron chi connectivity index (χ0n) is 20.0. The highest BCUT2D eigenvalue weighted by molar-refractivity contribution is 6.06. The fourth-order valence-electron chi connectivity index (χ4n) is 3.95. The van der Waals surface area contributed by atoms with E-state index in [0.717, 1.165) is 5.56 Å². The van der Waals surface area contributed by atoms with Gasteiger partial charge >= 0.3 is 0 Å². The lowest BCUT2D eigenvalue weighted by atomic mass is 9.82. The van der Waals surface area contributed by atoms with Crippen LogP contribution in [0.2, 0.25) is 0 Å². The first-order chi connectivity index (χ1) is 14.7. The van der Waals surface area contributed by atoms with Crippen molar-refractivity contribution in [2.75, 3.05) is 34.5 Å². The number of hydrogen-bond acceptors (Lipinski definition) is 7. The number of methoxy groups -OCH3 is 3. The summed E-state index contributed by atoms with van der Waals surface area (Å²) >= 11 is 0. The van der Waals surface area contributed by atoms with Crippen molar-refractivity contribution in [2.24, 2.45) is 27.2 Å². The lowest BCUT2D eigenvalue weighted by molar-refractivity contribution is 0.243. The molecule has 0 saturated carbocycles. The molecule has 0 bridgehead atoms. The lowest BCUT2D eigenvalue weighted by Gasteiger charge is -2.28. The monoisotopic (exact) mass is 432 g/mol. The van der Waals surface area contributed by atoms with Crippen LogP contribution in [0.5, 0.6) is 17.2 Å². The fraction of sp³-hybridized carbons (Fsp3) is 0.667. The van der Waals surface area contributed by atoms with E-state index < -0.39 is 5.41 Å². The van der Waals surface area contributed by atoms with Crippen molar-refractivity contribution >= 4 is 11.8 Å². The van der Waals surface area contributed by atoms with Crippen LogP contribution >= 0.6 is 0 Å². The van der Waals surface area contributed by atoms with Gasteiger partial charge in [-0.05, 0) is 42.9 Å². The Labute approximate surface area is 185 Å². The summed E-state index contributed by atoms with van der Waals surface area (Å²) in [6.07, 6.45) is 0.580. The Morgan fingerprint density at radius 3 is 1.65 bits per heavy atom. The van der Waals surface area contributed by atoms with Crippen LogP contribution in [0.15, 0.2) is 22.1 Å². The first-order valence-corrected chi connectivity index (χ1v) is 10.9. The highest BCUT2D eigenvalue weighted by Gasteiger charge is 2.46. The maximum Gasteiger partial charge on any atom is 0.203 e. The highest BCUT2D eigenvalue weighted by atomic mass is 16.5. The second-order valence-electron chi connectivity index (χ2n) is 9.16. The van der Waals surface area contributed by atoms with E-state index in [2.05, 4.69) is 34.6 Å². The molecule has 0 aliphatic carbocycles. The van der Waals surface area contributed by atoms with Crippen molar-refractivity contribution in [1.82, 2.24) is 0 Å². The summed E-state index contributed by atoms with van der Waals surface area (Å²) in [5.74, 6) is 3.96. The largest absolute Gasteiger partial charge is 0.493 e. The number of rotatable bonds is 9. The van der Waals surface area contributed by atoms with Crippen LogP contribution in [-0.4, -0.2) is 58.4 Å². The topological polar surface area (TPSA) is 70.9 Å². The molecule has 3 rings (SSSR count). The Morgan fingerprint density at radius 2 is 1.32 bits per heavy atom. The quantitative estimate of drug-likeness (QED) is 0.586. The van der Waals surface area contributed by atoms with Crippen LogP contribution in [0.1, 0.15) is 40.2 Å². The van der Waals surface area contributed by atoms with Gasteiger partial charge in [-0.1, -0.05) is 27.7 Å². The van der Waals surface area contributed by atoms with E-state index in [4.69, 9.17) is 33.7 Å². The van der Waals surface area contributed by atoms with Gasteiger partial charge < -0.3 is 23.7 Å². The Hall–Kier alpha value is -2.44. The lowest BCUT2D eigenvalue weighted by Crippen LogP contribution is -2.39. The summed E-state index contributed by atoms with van der Waals surface area (Å²) in [6, 6.07) is 4.20. The molecule has 0 N–H and O–H groups in total. The van der Waals surface area contributed by atoms with Crippen molar-refractivity contribution in [3.63, 3.8) is 0 Å². The Balaban J connectivity index is 2.04. The molecule has 1 aromatic rings. The van der Waals surface area contributed by atoms with Crippen molar-refractivity contribution in [3.05, 3.63) is 17.7 Å². The third-order valence-electron chi connectivity index (χ3n) is 6.11. The second-order valence-corrected chi connectivity index (χ2v) is 9.16. The zero-order valence-corrected chi connectivity index (χ0v) is 20.0. The van der Waals surface area contributed by atoms with Crippen LogP contribution in [0.4, 0.5) is 0 Å². The molecule has 0 saturated heterocycles. The summed E-state index contributed by atoms with van der Waals surface area (Å²) in [5, 5.41) is 0. The molecule has 0 amide bonds. The Bertz CT molecular complexity index is 787. The van der Waals surface area contributed by atoms with E-state index in [1.165, 1.54) is 0 Å². The molecule has 2 aliphatic rings. The molecule has 2 unspecified atom stereocenters. The summed E-state index contributed by atoms with van der Waals surface area (Å²) in [7, 11) is 4.84. The molecule has 2 atom stereocenters. The summed E-state index contributed by atoms with van der Waals surface area (Å²) < 4.78 is 28.8. The van der Waals surface area contributed by atoms with Gasteiger partial charge in [0, 0.05) is 0 Å². The normalized spacial score (nSPS) is 22.5. The van der Waals surface area contributed by atoms with Crippen molar-refractivity contribution in [3.8, 4) is 17.2 Å². The summed E-state index contributed by atoms with van der Waals surface area (Å²) in [5.41, 5.74) is 0.369. The first kappa shape index (κ1) is 23.2. The van der Waals surface area contributed by atoms with E-state index in [0.29, 0.717) is 60.5 Å². The molecule has 172 valence electrons. The van der Waals surface area contributed by atoms with Gasteiger partial charge in [0.15, 0.2) is 23.3 Å². The van der Waals surface area contributed by atoms with Crippen LogP contribution in [-0.2, 0) is 15.9 Å². The van der Waals surface area contributed by atoms with E-state index in [1.54, 1.807) is 21.3 Å². The SMILES string of the molecule is COc1cc(CC(C)(C2=NC(C(C)C)CO2)C2=NC(C(C)C)CO2)cc(OC)c1OC. The number of ether oxygens (including phenoxy) is 5. The van der Waals surface area contributed by atoms with Gasteiger partial charge in [0.2, 0.25) is 5.75 Å². The summed E-state index contributed by atoms with van der Waals surface area (Å²) in [6.45, 7) is 11.9. The van der Waals surface area contributed by atoms with Gasteiger partial charge in [0.05, 0.1) is 33.4 Å². The summed E-state index contributed by atoms with van der Waals surface area (Å²) in [4.78, 5) is 9.87. The van der Waals surface area contributed by atoms with Crippen LogP contribution < -0.4 is 14.2 Å². The molecule has 31 heavy (non-hydrogen) atoms. The molecular weight excluding hydrogens is 396 g/mol. The third kappa shape index (κ3) is 4.60. The van der Waals surface area contributed by atoms with Gasteiger partial charge in [-0.2, -0.15) is 0 Å². The van der Waals surface area contributed by atoms with Crippen LogP contribution in [0.25, 0.3) is 0 Å². The van der Waals surface area contributed by atoms with Crippen LogP contribution in [0, 0.1) is 17.3 Å². The molecule has 0 spiro atoms. The minimum Gasteiger partial charge on any atom is -0.493 e. The average molecular weight is 433 g/mol. The molecule has 2 aliphatic heterocycles. The van der Waals surface area contributed by atoms with E-state index in [1.807, 2.05) is 12.1 Å². The molecule has 0 fully saturated rings. The van der Waals surface area contributed by atoms with Gasteiger partial charge in [-0.15, -0.1) is 0 Å². The van der Waals surface area contributed by atoms with Gasteiger partial charge in [0.1, 0.15) is 18.6 Å². The standard InChI is InChI=1S/C24H36N2O5/c1-14(2)17-12-30-22(25-17)24(5,23-26-18(13-31-23)15(3)4)11-16-9-19(27-6)21(29-8)20(10-16)28-7/h9-10,14-15,17-18H,11-13H2,1-8H3. The second kappa shape index (κ2) is 9.37. The van der Waals surface area contributed by atoms with Gasteiger partial charge in [0.25, 0.3) is 0 Å². The smallest absolute Gasteiger partial charge is 0.203 e. The van der Waals surface area contributed by atoms with Crippen molar-refractivity contribution in [2.45, 2.75) is 53.1 Å². The molecular formula is C24H36N2O5. The number of hydrogen-bond donors (Lipinski definition) is 0. The third-order valence-corrected chi connectivity index (χ3v) is 6.11. The molecule has 7 heteroatoms. The zero-order chi connectivity index (χ0) is 22.8. The van der Waals surface area contributed by atoms with E-state index >= 15 is 0 Å². The number of nitrogens with zero attached hydrogens (tertiary/aromatic N) is 2. The number of aliphatic imine (C=N–C) groups is 2. The maximum atomic E-state index is 6.13. The Morgan fingerprint density at radius 1 is 0.871 bits per heavy atom. The predicted molar refractivity (Wildman–Crippen MR) is 122 cm³/mol. The van der Waals surface area contributed by atoms with E-state index in [-0.39, 0.29) is 12.1 Å². The van der Waals surface area contributed by atoms with E-state index in [9.17, 15) is 0 Å². The highest BCUT2D eigenvalue weighted by Crippen LogP contribution is 2.41. The molecule has 0 aromatic heterocycles. The maximum absolute atomic E-state index is 6.13.